The first-order valence-corrected chi connectivity index (χ1v) is 15.5. The highest BCUT2D eigenvalue weighted by atomic mass is 16.5. The number of allylic oxidation sites excluding steroid dienone is 4. The van der Waals surface area contributed by atoms with Crippen molar-refractivity contribution in [3.63, 3.8) is 0 Å². The van der Waals surface area contributed by atoms with Crippen LogP contribution in [0.3, 0.4) is 0 Å². The number of carbonyl (C=O) groups is 1. The van der Waals surface area contributed by atoms with E-state index >= 15 is 0 Å². The minimum absolute atomic E-state index is 0.120. The molecule has 1 aliphatic heterocycles. The fraction of sp³-hybridized carbons (Fsp3) is 0.571. The number of carbonyl (C=O) groups excluding carboxylic acids is 1. The summed E-state index contributed by atoms with van der Waals surface area (Å²) in [7, 11) is 1.80. The molecule has 1 fully saturated rings. The van der Waals surface area contributed by atoms with E-state index in [-0.39, 0.29) is 5.97 Å². The maximum Gasteiger partial charge on any atom is 0.311 e. The van der Waals surface area contributed by atoms with Crippen molar-refractivity contribution in [2.75, 3.05) is 26.7 Å². The van der Waals surface area contributed by atoms with Gasteiger partial charge in [0.15, 0.2) is 0 Å². The zero-order valence-electron chi connectivity index (χ0n) is 24.5. The Hall–Kier alpha value is -2.43. The summed E-state index contributed by atoms with van der Waals surface area (Å²) in [5.41, 5.74) is 1.24. The summed E-state index contributed by atoms with van der Waals surface area (Å²) < 4.78 is 11.4. The monoisotopic (exact) mass is 533 g/mol. The molecule has 214 valence electrons. The molecule has 2 aromatic carbocycles. The largest absolute Gasteiger partial charge is 0.426 e. The van der Waals surface area contributed by atoms with Crippen molar-refractivity contribution in [1.29, 1.82) is 0 Å². The highest BCUT2D eigenvalue weighted by Gasteiger charge is 2.22. The predicted molar refractivity (Wildman–Crippen MR) is 164 cm³/mol. The zero-order valence-corrected chi connectivity index (χ0v) is 24.5. The lowest BCUT2D eigenvalue weighted by Gasteiger charge is -2.17. The molecule has 1 aliphatic rings. The van der Waals surface area contributed by atoms with Gasteiger partial charge in [-0.3, -0.25) is 4.79 Å². The summed E-state index contributed by atoms with van der Waals surface area (Å²) >= 11 is 0. The number of likely N-dealkylation sites (tertiary alicyclic amines) is 1. The summed E-state index contributed by atoms with van der Waals surface area (Å²) in [6.45, 7) is 5.32. The van der Waals surface area contributed by atoms with Crippen molar-refractivity contribution in [3.8, 4) is 5.75 Å². The second-order valence-electron chi connectivity index (χ2n) is 10.9. The Morgan fingerprint density at radius 1 is 0.923 bits per heavy atom. The number of nitrogens with zero attached hydrogens (tertiary/aromatic N) is 1. The third kappa shape index (κ3) is 11.7. The second-order valence-corrected chi connectivity index (χ2v) is 10.9. The lowest BCUT2D eigenvalue weighted by Crippen LogP contribution is -2.25. The molecule has 0 aromatic heterocycles. The highest BCUT2D eigenvalue weighted by molar-refractivity contribution is 5.93. The molecule has 1 atom stereocenters. The lowest BCUT2D eigenvalue weighted by atomic mass is 10.0. The molecule has 0 unspecified atom stereocenters. The van der Waals surface area contributed by atoms with Crippen LogP contribution in [0.5, 0.6) is 5.75 Å². The van der Waals surface area contributed by atoms with Crippen LogP contribution in [-0.4, -0.2) is 43.7 Å². The number of unbranched alkanes of at least 4 members (excludes halogenated alkanes) is 8. The van der Waals surface area contributed by atoms with E-state index in [1.807, 2.05) is 12.1 Å². The first kappa shape index (κ1) is 31.1. The smallest absolute Gasteiger partial charge is 0.311 e. The number of rotatable bonds is 19. The van der Waals surface area contributed by atoms with Gasteiger partial charge in [0.1, 0.15) is 5.75 Å². The molecule has 3 rings (SSSR count). The quantitative estimate of drug-likeness (QED) is 0.0782. The first-order chi connectivity index (χ1) is 19.2. The van der Waals surface area contributed by atoms with Crippen LogP contribution in [0.25, 0.3) is 10.8 Å². The van der Waals surface area contributed by atoms with E-state index in [2.05, 4.69) is 60.4 Å². The topological polar surface area (TPSA) is 38.8 Å². The van der Waals surface area contributed by atoms with Gasteiger partial charge in [0.05, 0.1) is 6.10 Å². The molecule has 0 bridgehead atoms. The Balaban J connectivity index is 1.33. The fourth-order valence-corrected chi connectivity index (χ4v) is 5.40. The minimum Gasteiger partial charge on any atom is -0.426 e. The van der Waals surface area contributed by atoms with Gasteiger partial charge < -0.3 is 14.4 Å². The van der Waals surface area contributed by atoms with Crippen LogP contribution in [0.1, 0.15) is 96.0 Å². The van der Waals surface area contributed by atoms with Gasteiger partial charge in [0.2, 0.25) is 0 Å². The standard InChI is InChI=1S/C35H51NO3/c1-3-4-5-6-7-8-9-10-11-12-13-14-15-16-17-24-34(37)39-33-23-19-22-30-20-18-21-31(35(30)33)25-27-36-28-26-32(29-36)38-2/h7-8,10-11,18-23,32H,3-6,9,12-17,24-29H2,1-2H3/b8-7-,11-10-/t32-/m1/s1. The summed E-state index contributed by atoms with van der Waals surface area (Å²) in [6, 6.07) is 12.4. The van der Waals surface area contributed by atoms with Crippen molar-refractivity contribution < 1.29 is 14.3 Å². The van der Waals surface area contributed by atoms with E-state index in [1.165, 1.54) is 50.5 Å². The molecule has 0 N–H and O–H groups in total. The fourth-order valence-electron chi connectivity index (χ4n) is 5.40. The number of methoxy groups -OCH3 is 1. The van der Waals surface area contributed by atoms with Crippen LogP contribution in [0.4, 0.5) is 0 Å². The Labute approximate surface area is 237 Å². The van der Waals surface area contributed by atoms with E-state index in [4.69, 9.17) is 9.47 Å². The summed E-state index contributed by atoms with van der Waals surface area (Å²) in [5, 5.41) is 2.21. The molecule has 0 aliphatic carbocycles. The lowest BCUT2D eigenvalue weighted by molar-refractivity contribution is -0.134. The first-order valence-electron chi connectivity index (χ1n) is 15.5. The van der Waals surface area contributed by atoms with E-state index in [0.717, 1.165) is 68.9 Å². The summed E-state index contributed by atoms with van der Waals surface area (Å²) in [6.07, 6.45) is 25.0. The third-order valence-corrected chi connectivity index (χ3v) is 7.77. The van der Waals surface area contributed by atoms with E-state index in [0.29, 0.717) is 18.3 Å². The number of hydrogen-bond acceptors (Lipinski definition) is 4. The maximum atomic E-state index is 12.7. The average molecular weight is 534 g/mol. The second kappa shape index (κ2) is 18.8. The Morgan fingerprint density at radius 3 is 2.38 bits per heavy atom. The summed E-state index contributed by atoms with van der Waals surface area (Å²) in [5.74, 6) is 0.581. The van der Waals surface area contributed by atoms with Gasteiger partial charge in [0.25, 0.3) is 0 Å². The van der Waals surface area contributed by atoms with Crippen molar-refractivity contribution in [1.82, 2.24) is 4.90 Å². The van der Waals surface area contributed by atoms with Crippen molar-refractivity contribution >= 4 is 16.7 Å². The Kier molecular flexibility index (Phi) is 15.0. The number of esters is 1. The van der Waals surface area contributed by atoms with Gasteiger partial charge in [-0.05, 0) is 68.4 Å². The normalized spacial score (nSPS) is 16.2. The molecule has 0 spiro atoms. The number of hydrogen-bond donors (Lipinski definition) is 0. The van der Waals surface area contributed by atoms with Gasteiger partial charge in [-0.25, -0.2) is 0 Å². The van der Waals surface area contributed by atoms with Crippen molar-refractivity contribution in [2.45, 2.75) is 103 Å². The van der Waals surface area contributed by atoms with Gasteiger partial charge in [-0.15, -0.1) is 0 Å². The van der Waals surface area contributed by atoms with Gasteiger partial charge in [-0.1, -0.05) is 93.7 Å². The molecule has 4 heteroatoms. The SMILES string of the molecule is CCCCC/C=C\C/C=C\CCCCCCCC(=O)Oc1cccc2cccc(CCN3CC[C@@H](OC)C3)c12. The third-order valence-electron chi connectivity index (χ3n) is 7.77. The Morgan fingerprint density at radius 2 is 1.64 bits per heavy atom. The molecule has 0 radical (unpaired) electrons. The van der Waals surface area contributed by atoms with E-state index in [9.17, 15) is 4.79 Å². The predicted octanol–water partition coefficient (Wildman–Crippen LogP) is 8.82. The number of fused-ring (bicyclic) bond motifs is 1. The molecule has 4 nitrogen and oxygen atoms in total. The van der Waals surface area contributed by atoms with E-state index in [1.54, 1.807) is 7.11 Å². The minimum atomic E-state index is -0.120. The number of ether oxygens (including phenoxy) is 2. The van der Waals surface area contributed by atoms with Crippen LogP contribution in [-0.2, 0) is 16.0 Å². The van der Waals surface area contributed by atoms with Crippen LogP contribution < -0.4 is 4.74 Å². The van der Waals surface area contributed by atoms with Crippen LogP contribution in [0.2, 0.25) is 0 Å². The maximum absolute atomic E-state index is 12.7. The van der Waals surface area contributed by atoms with Crippen molar-refractivity contribution in [2.24, 2.45) is 0 Å². The molecule has 1 saturated heterocycles. The molecular formula is C35H51NO3. The van der Waals surface area contributed by atoms with Gasteiger partial charge in [0, 0.05) is 38.6 Å². The highest BCUT2D eigenvalue weighted by Crippen LogP contribution is 2.30. The van der Waals surface area contributed by atoms with Gasteiger partial charge in [-0.2, -0.15) is 0 Å². The Bertz CT molecular complexity index is 1020. The molecule has 39 heavy (non-hydrogen) atoms. The van der Waals surface area contributed by atoms with Crippen LogP contribution in [0, 0.1) is 0 Å². The average Bonchev–Trinajstić information content (AvgIpc) is 3.42. The molecule has 0 amide bonds. The van der Waals surface area contributed by atoms with Crippen LogP contribution in [0.15, 0.2) is 60.7 Å². The molecular weight excluding hydrogens is 482 g/mol. The molecule has 1 heterocycles. The molecule has 0 saturated carbocycles. The zero-order chi connectivity index (χ0) is 27.5. The van der Waals surface area contributed by atoms with Crippen LogP contribution >= 0.6 is 0 Å². The molecule has 2 aromatic rings. The van der Waals surface area contributed by atoms with E-state index < -0.39 is 0 Å². The van der Waals surface area contributed by atoms with Crippen molar-refractivity contribution in [3.05, 3.63) is 66.3 Å². The van der Waals surface area contributed by atoms with Gasteiger partial charge >= 0.3 is 5.97 Å². The summed E-state index contributed by atoms with van der Waals surface area (Å²) in [4.78, 5) is 15.1. The number of benzene rings is 2.